The maximum atomic E-state index is 12.0. The van der Waals surface area contributed by atoms with Crippen LogP contribution in [-0.4, -0.2) is 16.9 Å². The average molecular weight is 218 g/mol. The molecule has 0 saturated heterocycles. The van der Waals surface area contributed by atoms with Crippen LogP contribution < -0.4 is 0 Å². The van der Waals surface area contributed by atoms with E-state index in [9.17, 15) is 9.59 Å². The largest absolute Gasteiger partial charge is 0.481 e. The molecule has 2 rings (SSSR count). The fourth-order valence-electron chi connectivity index (χ4n) is 2.28. The van der Waals surface area contributed by atoms with Gasteiger partial charge in [0.15, 0.2) is 5.78 Å². The van der Waals surface area contributed by atoms with E-state index in [2.05, 4.69) is 0 Å². The quantitative estimate of drug-likeness (QED) is 0.792. The van der Waals surface area contributed by atoms with Crippen LogP contribution in [0.5, 0.6) is 0 Å². The summed E-state index contributed by atoms with van der Waals surface area (Å²) < 4.78 is 0. The van der Waals surface area contributed by atoms with Gasteiger partial charge in [-0.25, -0.2) is 0 Å². The fraction of sp³-hybridized carbons (Fsp3) is 0.385. The van der Waals surface area contributed by atoms with E-state index in [0.717, 1.165) is 0 Å². The monoisotopic (exact) mass is 218 g/mol. The molecule has 84 valence electrons. The number of rotatable bonds is 3. The highest BCUT2D eigenvalue weighted by atomic mass is 16.4. The topological polar surface area (TPSA) is 54.4 Å². The maximum absolute atomic E-state index is 12.0. The number of carbonyl (C=O) groups excluding carboxylic acids is 1. The first-order valence-electron chi connectivity index (χ1n) is 5.50. The molecule has 1 aliphatic rings. The Morgan fingerprint density at radius 2 is 1.69 bits per heavy atom. The Bertz CT molecular complexity index is 397. The molecule has 1 saturated carbocycles. The molecular formula is C13H14O3. The molecule has 1 aromatic rings. The molecule has 1 aromatic carbocycles. The van der Waals surface area contributed by atoms with Crippen LogP contribution in [0, 0.1) is 11.8 Å². The highest BCUT2D eigenvalue weighted by Crippen LogP contribution is 2.33. The van der Waals surface area contributed by atoms with Gasteiger partial charge in [0.1, 0.15) is 0 Å². The summed E-state index contributed by atoms with van der Waals surface area (Å²) in [6, 6.07) is 9.10. The summed E-state index contributed by atoms with van der Waals surface area (Å²) in [6.45, 7) is 0. The molecule has 0 radical (unpaired) electrons. The highest BCUT2D eigenvalue weighted by molar-refractivity contribution is 5.98. The molecule has 0 aromatic heterocycles. The predicted molar refractivity (Wildman–Crippen MR) is 59.2 cm³/mol. The molecule has 0 amide bonds. The minimum Gasteiger partial charge on any atom is -0.481 e. The van der Waals surface area contributed by atoms with E-state index in [-0.39, 0.29) is 17.6 Å². The molecule has 0 unspecified atom stereocenters. The molecule has 1 aliphatic carbocycles. The van der Waals surface area contributed by atoms with Gasteiger partial charge < -0.3 is 5.11 Å². The Kier molecular flexibility index (Phi) is 3.04. The number of hydrogen-bond acceptors (Lipinski definition) is 2. The molecule has 0 aliphatic heterocycles. The number of carbonyl (C=O) groups is 2. The molecule has 0 heterocycles. The first-order valence-corrected chi connectivity index (χ1v) is 5.50. The second-order valence-electron chi connectivity index (χ2n) is 4.28. The zero-order chi connectivity index (χ0) is 11.5. The summed E-state index contributed by atoms with van der Waals surface area (Å²) in [6.07, 6.45) is 1.81. The van der Waals surface area contributed by atoms with Gasteiger partial charge in [-0.1, -0.05) is 30.3 Å². The van der Waals surface area contributed by atoms with Crippen molar-refractivity contribution >= 4 is 11.8 Å². The van der Waals surface area contributed by atoms with Crippen LogP contribution in [0.25, 0.3) is 0 Å². The van der Waals surface area contributed by atoms with E-state index in [1.807, 2.05) is 18.2 Å². The Labute approximate surface area is 94.1 Å². The van der Waals surface area contributed by atoms with Crippen molar-refractivity contribution in [3.8, 4) is 0 Å². The Morgan fingerprint density at radius 3 is 2.25 bits per heavy atom. The van der Waals surface area contributed by atoms with Crippen molar-refractivity contribution in [2.45, 2.75) is 19.3 Å². The Morgan fingerprint density at radius 1 is 1.06 bits per heavy atom. The van der Waals surface area contributed by atoms with E-state index in [0.29, 0.717) is 24.8 Å². The normalized spacial score (nSPS) is 24.2. The van der Waals surface area contributed by atoms with Crippen LogP contribution in [0.2, 0.25) is 0 Å². The molecule has 0 spiro atoms. The summed E-state index contributed by atoms with van der Waals surface area (Å²) in [5, 5.41) is 8.87. The summed E-state index contributed by atoms with van der Waals surface area (Å²) in [7, 11) is 0. The van der Waals surface area contributed by atoms with Gasteiger partial charge in [0, 0.05) is 11.5 Å². The Hall–Kier alpha value is -1.64. The molecule has 3 nitrogen and oxygen atoms in total. The lowest BCUT2D eigenvalue weighted by molar-refractivity contribution is -0.141. The zero-order valence-electron chi connectivity index (χ0n) is 8.93. The number of carboxylic acid groups (broad SMARTS) is 1. The molecular weight excluding hydrogens is 204 g/mol. The number of Topliss-reactive ketones (excluding diaryl/α,β-unsaturated/α-hetero) is 1. The molecule has 16 heavy (non-hydrogen) atoms. The fourth-order valence-corrected chi connectivity index (χ4v) is 2.28. The molecule has 1 fully saturated rings. The lowest BCUT2D eigenvalue weighted by Gasteiger charge is -2.08. The zero-order valence-corrected chi connectivity index (χ0v) is 8.93. The second-order valence-corrected chi connectivity index (χ2v) is 4.28. The van der Waals surface area contributed by atoms with Gasteiger partial charge in [0.25, 0.3) is 0 Å². The number of aliphatic carboxylic acids is 1. The van der Waals surface area contributed by atoms with Gasteiger partial charge in [-0.15, -0.1) is 0 Å². The van der Waals surface area contributed by atoms with Crippen LogP contribution in [0.3, 0.4) is 0 Å². The van der Waals surface area contributed by atoms with E-state index in [1.165, 1.54) is 0 Å². The molecule has 1 N–H and O–H groups in total. The molecule has 2 atom stereocenters. The lowest BCUT2D eigenvalue weighted by Crippen LogP contribution is -2.14. The Balaban J connectivity index is 2.05. The second kappa shape index (κ2) is 4.47. The SMILES string of the molecule is O=C(O)[C@@H]1CC[C@H](C(=O)c2ccccc2)C1. The smallest absolute Gasteiger partial charge is 0.306 e. The summed E-state index contributed by atoms with van der Waals surface area (Å²) >= 11 is 0. The van der Waals surface area contributed by atoms with Crippen LogP contribution in [-0.2, 0) is 4.79 Å². The van der Waals surface area contributed by atoms with Gasteiger partial charge in [-0.2, -0.15) is 0 Å². The van der Waals surface area contributed by atoms with Crippen molar-refractivity contribution in [2.24, 2.45) is 11.8 Å². The van der Waals surface area contributed by atoms with E-state index in [4.69, 9.17) is 5.11 Å². The van der Waals surface area contributed by atoms with Crippen LogP contribution in [0.4, 0.5) is 0 Å². The standard InChI is InChI=1S/C13H14O3/c14-12(9-4-2-1-3-5-9)10-6-7-11(8-10)13(15)16/h1-5,10-11H,6-8H2,(H,15,16)/t10-,11+/m0/s1. The molecule has 3 heteroatoms. The van der Waals surface area contributed by atoms with E-state index < -0.39 is 5.97 Å². The maximum Gasteiger partial charge on any atom is 0.306 e. The van der Waals surface area contributed by atoms with Crippen LogP contribution in [0.15, 0.2) is 30.3 Å². The van der Waals surface area contributed by atoms with Gasteiger partial charge >= 0.3 is 5.97 Å². The van der Waals surface area contributed by atoms with Crippen molar-refractivity contribution in [3.05, 3.63) is 35.9 Å². The number of hydrogen-bond donors (Lipinski definition) is 1. The third kappa shape index (κ3) is 2.13. The highest BCUT2D eigenvalue weighted by Gasteiger charge is 2.33. The van der Waals surface area contributed by atoms with Gasteiger partial charge in [-0.05, 0) is 19.3 Å². The predicted octanol–water partition coefficient (Wildman–Crippen LogP) is 2.37. The van der Waals surface area contributed by atoms with Gasteiger partial charge in [0.05, 0.1) is 5.92 Å². The van der Waals surface area contributed by atoms with Crippen molar-refractivity contribution in [1.29, 1.82) is 0 Å². The van der Waals surface area contributed by atoms with Crippen LogP contribution in [0.1, 0.15) is 29.6 Å². The third-order valence-corrected chi connectivity index (χ3v) is 3.21. The van der Waals surface area contributed by atoms with Crippen LogP contribution >= 0.6 is 0 Å². The minimum absolute atomic E-state index is 0.0874. The van der Waals surface area contributed by atoms with Gasteiger partial charge in [-0.3, -0.25) is 9.59 Å². The van der Waals surface area contributed by atoms with Crippen molar-refractivity contribution in [1.82, 2.24) is 0 Å². The first-order chi connectivity index (χ1) is 7.68. The third-order valence-electron chi connectivity index (χ3n) is 3.21. The number of carboxylic acids is 1. The van der Waals surface area contributed by atoms with Gasteiger partial charge in [0.2, 0.25) is 0 Å². The first kappa shape index (κ1) is 10.9. The lowest BCUT2D eigenvalue weighted by atomic mass is 9.95. The van der Waals surface area contributed by atoms with Crippen molar-refractivity contribution in [3.63, 3.8) is 0 Å². The summed E-state index contributed by atoms with van der Waals surface area (Å²) in [5.41, 5.74) is 0.693. The average Bonchev–Trinajstić information content (AvgIpc) is 2.78. The summed E-state index contributed by atoms with van der Waals surface area (Å²) in [4.78, 5) is 22.8. The minimum atomic E-state index is -0.775. The van der Waals surface area contributed by atoms with E-state index >= 15 is 0 Å². The molecule has 0 bridgehead atoms. The van der Waals surface area contributed by atoms with Crippen molar-refractivity contribution < 1.29 is 14.7 Å². The number of benzene rings is 1. The number of ketones is 1. The summed E-state index contributed by atoms with van der Waals surface area (Å²) in [5.74, 6) is -1.13. The van der Waals surface area contributed by atoms with Crippen molar-refractivity contribution in [2.75, 3.05) is 0 Å². The van der Waals surface area contributed by atoms with E-state index in [1.54, 1.807) is 12.1 Å².